The van der Waals surface area contributed by atoms with E-state index in [0.717, 1.165) is 32.3 Å². The van der Waals surface area contributed by atoms with Gasteiger partial charge in [-0.25, -0.2) is 0 Å². The maximum absolute atomic E-state index is 6.03. The molecule has 0 spiro atoms. The van der Waals surface area contributed by atoms with E-state index in [0.29, 0.717) is 12.0 Å². The van der Waals surface area contributed by atoms with Gasteiger partial charge >= 0.3 is 0 Å². The average molecular weight is 228 g/mol. The van der Waals surface area contributed by atoms with E-state index >= 15 is 0 Å². The van der Waals surface area contributed by atoms with Crippen LogP contribution < -0.4 is 0 Å². The van der Waals surface area contributed by atoms with Gasteiger partial charge < -0.3 is 14.2 Å². The third-order valence-corrected chi connectivity index (χ3v) is 3.50. The molecule has 2 fully saturated rings. The second-order valence-corrected chi connectivity index (χ2v) is 4.86. The largest absolute Gasteiger partial charge is 0.352 e. The van der Waals surface area contributed by atoms with Crippen LogP contribution in [0.2, 0.25) is 0 Å². The van der Waals surface area contributed by atoms with Gasteiger partial charge in [-0.3, -0.25) is 0 Å². The Morgan fingerprint density at radius 1 is 1.06 bits per heavy atom. The third kappa shape index (κ3) is 2.76. The molecular formula is C13H24O3. The SMILES string of the molecule is CCC[C@H]1O[C@H]2OCCC[C@H]2[C@H](CCC)O1. The summed E-state index contributed by atoms with van der Waals surface area (Å²) in [6.07, 6.45) is 7.02. The van der Waals surface area contributed by atoms with E-state index < -0.39 is 0 Å². The van der Waals surface area contributed by atoms with Crippen LogP contribution in [-0.4, -0.2) is 25.3 Å². The molecule has 0 bridgehead atoms. The van der Waals surface area contributed by atoms with E-state index in [1.54, 1.807) is 0 Å². The lowest BCUT2D eigenvalue weighted by Gasteiger charge is -2.44. The summed E-state index contributed by atoms with van der Waals surface area (Å²) in [7, 11) is 0. The second kappa shape index (κ2) is 5.99. The van der Waals surface area contributed by atoms with Crippen LogP contribution >= 0.6 is 0 Å². The molecule has 0 radical (unpaired) electrons. The number of hydrogen-bond acceptors (Lipinski definition) is 3. The highest BCUT2D eigenvalue weighted by Gasteiger charge is 2.40. The van der Waals surface area contributed by atoms with E-state index in [-0.39, 0.29) is 12.6 Å². The lowest BCUT2D eigenvalue weighted by atomic mass is 9.90. The van der Waals surface area contributed by atoms with Crippen molar-refractivity contribution in [1.82, 2.24) is 0 Å². The topological polar surface area (TPSA) is 27.7 Å². The van der Waals surface area contributed by atoms with Crippen molar-refractivity contribution in [3.63, 3.8) is 0 Å². The summed E-state index contributed by atoms with van der Waals surface area (Å²) < 4.78 is 17.6. The Morgan fingerprint density at radius 3 is 2.62 bits per heavy atom. The highest BCUT2D eigenvalue weighted by molar-refractivity contribution is 4.80. The van der Waals surface area contributed by atoms with Gasteiger partial charge in [0.15, 0.2) is 12.6 Å². The molecule has 94 valence electrons. The Bertz CT molecular complexity index is 207. The van der Waals surface area contributed by atoms with Crippen LogP contribution in [0.5, 0.6) is 0 Å². The van der Waals surface area contributed by atoms with Crippen molar-refractivity contribution >= 4 is 0 Å². The molecule has 0 N–H and O–H groups in total. The van der Waals surface area contributed by atoms with Crippen molar-refractivity contribution in [2.24, 2.45) is 5.92 Å². The minimum Gasteiger partial charge on any atom is -0.352 e. The first-order valence-corrected chi connectivity index (χ1v) is 6.77. The van der Waals surface area contributed by atoms with E-state index in [1.165, 1.54) is 12.8 Å². The summed E-state index contributed by atoms with van der Waals surface area (Å²) in [5, 5.41) is 0. The maximum atomic E-state index is 6.03. The lowest BCUT2D eigenvalue weighted by molar-refractivity contribution is -0.345. The van der Waals surface area contributed by atoms with Crippen LogP contribution in [0.25, 0.3) is 0 Å². The van der Waals surface area contributed by atoms with Gasteiger partial charge in [-0.2, -0.15) is 0 Å². The molecule has 0 amide bonds. The normalized spacial score (nSPS) is 39.4. The van der Waals surface area contributed by atoms with Crippen LogP contribution in [0.1, 0.15) is 52.4 Å². The molecule has 3 nitrogen and oxygen atoms in total. The summed E-state index contributed by atoms with van der Waals surface area (Å²) in [4.78, 5) is 0. The van der Waals surface area contributed by atoms with Gasteiger partial charge in [0.1, 0.15) is 0 Å². The van der Waals surface area contributed by atoms with Gasteiger partial charge in [-0.15, -0.1) is 0 Å². The van der Waals surface area contributed by atoms with Crippen LogP contribution in [0, 0.1) is 5.92 Å². The molecule has 0 unspecified atom stereocenters. The standard InChI is InChI=1S/C13H24O3/c1-3-6-11-10-8-5-9-14-13(10)16-12(15-11)7-4-2/h10-13H,3-9H2,1-2H3/t10-,11-,12+,13+/m0/s1. The first-order valence-electron chi connectivity index (χ1n) is 6.77. The van der Waals surface area contributed by atoms with Crippen molar-refractivity contribution in [1.29, 1.82) is 0 Å². The van der Waals surface area contributed by atoms with Crippen LogP contribution in [0.15, 0.2) is 0 Å². The van der Waals surface area contributed by atoms with E-state index in [4.69, 9.17) is 14.2 Å². The molecule has 2 rings (SSSR count). The number of fused-ring (bicyclic) bond motifs is 1. The molecular weight excluding hydrogens is 204 g/mol. The quantitative estimate of drug-likeness (QED) is 0.740. The van der Waals surface area contributed by atoms with Crippen molar-refractivity contribution in [2.45, 2.75) is 71.1 Å². The molecule has 0 aromatic rings. The van der Waals surface area contributed by atoms with Gasteiger partial charge in [-0.05, 0) is 25.7 Å². The zero-order valence-corrected chi connectivity index (χ0v) is 10.5. The molecule has 0 aliphatic carbocycles. The fraction of sp³-hybridized carbons (Fsp3) is 1.00. The van der Waals surface area contributed by atoms with Gasteiger partial charge in [0, 0.05) is 12.5 Å². The van der Waals surface area contributed by atoms with Crippen LogP contribution in [0.4, 0.5) is 0 Å². The fourth-order valence-electron chi connectivity index (χ4n) is 2.70. The summed E-state index contributed by atoms with van der Waals surface area (Å²) in [6.45, 7) is 5.22. The molecule has 2 aliphatic rings. The Kier molecular flexibility index (Phi) is 4.62. The van der Waals surface area contributed by atoms with Gasteiger partial charge in [0.25, 0.3) is 0 Å². The highest BCUT2D eigenvalue weighted by Crippen LogP contribution is 2.35. The van der Waals surface area contributed by atoms with Gasteiger partial charge in [-0.1, -0.05) is 26.7 Å². The Balaban J connectivity index is 1.97. The number of ether oxygens (including phenoxy) is 3. The summed E-state index contributed by atoms with van der Waals surface area (Å²) in [5.41, 5.74) is 0. The average Bonchev–Trinajstić information content (AvgIpc) is 2.30. The number of rotatable bonds is 4. The first kappa shape index (κ1) is 12.3. The zero-order valence-electron chi connectivity index (χ0n) is 10.5. The smallest absolute Gasteiger partial charge is 0.165 e. The minimum atomic E-state index is -0.0408. The first-order chi connectivity index (χ1) is 7.85. The molecule has 2 aliphatic heterocycles. The molecule has 4 atom stereocenters. The molecule has 0 aromatic carbocycles. The summed E-state index contributed by atoms with van der Waals surface area (Å²) >= 11 is 0. The predicted molar refractivity (Wildman–Crippen MR) is 62.0 cm³/mol. The molecule has 0 saturated carbocycles. The van der Waals surface area contributed by atoms with Gasteiger partial charge in [0.05, 0.1) is 6.10 Å². The Hall–Kier alpha value is -0.120. The summed E-state index contributed by atoms with van der Waals surface area (Å²) in [5.74, 6) is 0.460. The number of hydrogen-bond donors (Lipinski definition) is 0. The Labute approximate surface area is 98.4 Å². The molecule has 3 heteroatoms. The van der Waals surface area contributed by atoms with Gasteiger partial charge in [0.2, 0.25) is 0 Å². The van der Waals surface area contributed by atoms with E-state index in [9.17, 15) is 0 Å². The van der Waals surface area contributed by atoms with E-state index in [1.807, 2.05) is 0 Å². The monoisotopic (exact) mass is 228 g/mol. The molecule has 2 heterocycles. The maximum Gasteiger partial charge on any atom is 0.165 e. The Morgan fingerprint density at radius 2 is 1.88 bits per heavy atom. The lowest BCUT2D eigenvalue weighted by Crippen LogP contribution is -2.49. The van der Waals surface area contributed by atoms with E-state index in [2.05, 4.69) is 13.8 Å². The summed E-state index contributed by atoms with van der Waals surface area (Å²) in [6, 6.07) is 0. The molecule has 0 aromatic heterocycles. The molecule has 16 heavy (non-hydrogen) atoms. The third-order valence-electron chi connectivity index (χ3n) is 3.50. The fourth-order valence-corrected chi connectivity index (χ4v) is 2.70. The van der Waals surface area contributed by atoms with Crippen molar-refractivity contribution in [3.05, 3.63) is 0 Å². The predicted octanol–water partition coefficient (Wildman–Crippen LogP) is 3.08. The molecule has 2 saturated heterocycles. The second-order valence-electron chi connectivity index (χ2n) is 4.86. The van der Waals surface area contributed by atoms with Crippen LogP contribution in [-0.2, 0) is 14.2 Å². The van der Waals surface area contributed by atoms with Crippen molar-refractivity contribution in [2.75, 3.05) is 6.61 Å². The van der Waals surface area contributed by atoms with Crippen LogP contribution in [0.3, 0.4) is 0 Å². The minimum absolute atomic E-state index is 0.00407. The highest BCUT2D eigenvalue weighted by atomic mass is 16.8. The van der Waals surface area contributed by atoms with Crippen molar-refractivity contribution < 1.29 is 14.2 Å². The van der Waals surface area contributed by atoms with Crippen molar-refractivity contribution in [3.8, 4) is 0 Å². The zero-order chi connectivity index (χ0) is 11.4.